The normalized spacial score (nSPS) is 17.7. The maximum absolute atomic E-state index is 3.49. The molecule has 1 saturated carbocycles. The van der Waals surface area contributed by atoms with Gasteiger partial charge in [0.2, 0.25) is 0 Å². The fraction of sp³-hybridized carbons (Fsp3) is 1.00. The molecule has 0 aromatic heterocycles. The topological polar surface area (TPSA) is 3.24 Å². The number of halogens is 1. The van der Waals surface area contributed by atoms with Gasteiger partial charge in [0, 0.05) is 18.4 Å². The molecular formula is C9H18BrN. The van der Waals surface area contributed by atoms with E-state index < -0.39 is 0 Å². The highest BCUT2D eigenvalue weighted by molar-refractivity contribution is 9.09. The first-order valence-corrected chi connectivity index (χ1v) is 5.77. The predicted molar refractivity (Wildman–Crippen MR) is 53.2 cm³/mol. The standard InChI is InChI=1S/C9H18BrN/c1-2-6-11(7-5-10)8-9-3-4-9/h9H,2-8H2,1H3. The molecule has 0 bridgehead atoms. The van der Waals surface area contributed by atoms with Crippen LogP contribution in [0.3, 0.4) is 0 Å². The smallest absolute Gasteiger partial charge is 0.0159 e. The van der Waals surface area contributed by atoms with Gasteiger partial charge in [0.05, 0.1) is 0 Å². The second-order valence-electron chi connectivity index (χ2n) is 3.43. The predicted octanol–water partition coefficient (Wildman–Crippen LogP) is 2.50. The zero-order valence-corrected chi connectivity index (χ0v) is 8.94. The van der Waals surface area contributed by atoms with Crippen molar-refractivity contribution in [2.75, 3.05) is 25.0 Å². The average Bonchev–Trinajstić information content (AvgIpc) is 2.73. The average molecular weight is 220 g/mol. The summed E-state index contributed by atoms with van der Waals surface area (Å²) in [5.41, 5.74) is 0. The number of nitrogens with zero attached hydrogens (tertiary/aromatic N) is 1. The molecule has 0 amide bonds. The minimum atomic E-state index is 1.04. The molecule has 11 heavy (non-hydrogen) atoms. The zero-order chi connectivity index (χ0) is 8.10. The van der Waals surface area contributed by atoms with Crippen LogP contribution in [0, 0.1) is 5.92 Å². The highest BCUT2D eigenvalue weighted by Gasteiger charge is 2.23. The maximum Gasteiger partial charge on any atom is 0.0159 e. The van der Waals surface area contributed by atoms with Crippen LogP contribution < -0.4 is 0 Å². The Balaban J connectivity index is 2.08. The molecule has 66 valence electrons. The van der Waals surface area contributed by atoms with E-state index in [1.165, 1.54) is 38.9 Å². The third-order valence-electron chi connectivity index (χ3n) is 2.15. The summed E-state index contributed by atoms with van der Waals surface area (Å²) in [6, 6.07) is 0. The molecule has 0 aromatic carbocycles. The van der Waals surface area contributed by atoms with Gasteiger partial charge in [0.1, 0.15) is 0 Å². The molecule has 1 nitrogen and oxygen atoms in total. The van der Waals surface area contributed by atoms with Crippen molar-refractivity contribution < 1.29 is 0 Å². The lowest BCUT2D eigenvalue weighted by atomic mass is 10.3. The molecule has 0 atom stereocenters. The van der Waals surface area contributed by atoms with Crippen molar-refractivity contribution in [3.8, 4) is 0 Å². The summed E-state index contributed by atoms with van der Waals surface area (Å²) in [7, 11) is 0. The molecule has 0 spiro atoms. The fourth-order valence-electron chi connectivity index (χ4n) is 1.40. The molecule has 0 aliphatic heterocycles. The zero-order valence-electron chi connectivity index (χ0n) is 7.35. The first-order valence-electron chi connectivity index (χ1n) is 4.65. The number of alkyl halides is 1. The van der Waals surface area contributed by atoms with Gasteiger partial charge in [-0.3, -0.25) is 0 Å². The second kappa shape index (κ2) is 5.15. The Morgan fingerprint density at radius 1 is 1.36 bits per heavy atom. The first-order chi connectivity index (χ1) is 5.36. The van der Waals surface area contributed by atoms with E-state index in [2.05, 4.69) is 27.8 Å². The van der Waals surface area contributed by atoms with Crippen LogP contribution in [0.2, 0.25) is 0 Å². The van der Waals surface area contributed by atoms with E-state index >= 15 is 0 Å². The SMILES string of the molecule is CCCN(CCBr)CC1CC1. The van der Waals surface area contributed by atoms with Crippen LogP contribution in [0.5, 0.6) is 0 Å². The summed E-state index contributed by atoms with van der Waals surface area (Å²) in [6.45, 7) is 6.11. The van der Waals surface area contributed by atoms with Gasteiger partial charge in [0.25, 0.3) is 0 Å². The van der Waals surface area contributed by atoms with Crippen LogP contribution >= 0.6 is 15.9 Å². The Kier molecular flexibility index (Phi) is 4.46. The summed E-state index contributed by atoms with van der Waals surface area (Å²) in [5.74, 6) is 1.04. The van der Waals surface area contributed by atoms with E-state index in [4.69, 9.17) is 0 Å². The number of rotatable bonds is 6. The van der Waals surface area contributed by atoms with Crippen LogP contribution in [-0.2, 0) is 0 Å². The molecule has 0 unspecified atom stereocenters. The van der Waals surface area contributed by atoms with Gasteiger partial charge in [-0.2, -0.15) is 0 Å². The van der Waals surface area contributed by atoms with Crippen LogP contribution in [0.25, 0.3) is 0 Å². The van der Waals surface area contributed by atoms with E-state index in [9.17, 15) is 0 Å². The quantitative estimate of drug-likeness (QED) is 0.621. The summed E-state index contributed by atoms with van der Waals surface area (Å²) in [6.07, 6.45) is 4.24. The Hall–Kier alpha value is 0.440. The minimum Gasteiger partial charge on any atom is -0.302 e. The van der Waals surface area contributed by atoms with Gasteiger partial charge in [-0.15, -0.1) is 0 Å². The van der Waals surface area contributed by atoms with Gasteiger partial charge in [-0.1, -0.05) is 22.9 Å². The summed E-state index contributed by atoms with van der Waals surface area (Å²) in [5, 5.41) is 1.12. The van der Waals surface area contributed by atoms with Crippen LogP contribution in [0.4, 0.5) is 0 Å². The highest BCUT2D eigenvalue weighted by Crippen LogP contribution is 2.29. The second-order valence-corrected chi connectivity index (χ2v) is 4.23. The molecule has 0 N–H and O–H groups in total. The Morgan fingerprint density at radius 2 is 2.09 bits per heavy atom. The Labute approximate surface area is 78.3 Å². The van der Waals surface area contributed by atoms with Gasteiger partial charge in [-0.05, 0) is 31.7 Å². The molecule has 1 rings (SSSR count). The van der Waals surface area contributed by atoms with Crippen molar-refractivity contribution in [1.29, 1.82) is 0 Å². The summed E-state index contributed by atoms with van der Waals surface area (Å²) in [4.78, 5) is 2.58. The Morgan fingerprint density at radius 3 is 2.55 bits per heavy atom. The van der Waals surface area contributed by atoms with E-state index in [0.717, 1.165) is 11.2 Å². The van der Waals surface area contributed by atoms with E-state index in [1.807, 2.05) is 0 Å². The van der Waals surface area contributed by atoms with Crippen LogP contribution in [-0.4, -0.2) is 29.9 Å². The summed E-state index contributed by atoms with van der Waals surface area (Å²) >= 11 is 3.49. The van der Waals surface area contributed by atoms with Gasteiger partial charge in [0.15, 0.2) is 0 Å². The lowest BCUT2D eigenvalue weighted by Gasteiger charge is -2.19. The van der Waals surface area contributed by atoms with Gasteiger partial charge in [-0.25, -0.2) is 0 Å². The van der Waals surface area contributed by atoms with Crippen molar-refractivity contribution in [3.05, 3.63) is 0 Å². The minimum absolute atomic E-state index is 1.04. The van der Waals surface area contributed by atoms with E-state index in [1.54, 1.807) is 0 Å². The third kappa shape index (κ3) is 4.12. The van der Waals surface area contributed by atoms with Crippen molar-refractivity contribution in [3.63, 3.8) is 0 Å². The molecule has 2 heteroatoms. The molecular weight excluding hydrogens is 202 g/mol. The monoisotopic (exact) mass is 219 g/mol. The fourth-order valence-corrected chi connectivity index (χ4v) is 1.90. The molecule has 0 aromatic rings. The van der Waals surface area contributed by atoms with Crippen molar-refractivity contribution in [1.82, 2.24) is 4.90 Å². The third-order valence-corrected chi connectivity index (χ3v) is 2.51. The van der Waals surface area contributed by atoms with Crippen molar-refractivity contribution >= 4 is 15.9 Å². The lowest BCUT2D eigenvalue weighted by Crippen LogP contribution is -2.28. The molecule has 0 radical (unpaired) electrons. The maximum atomic E-state index is 3.49. The Bertz CT molecular complexity index is 95.7. The van der Waals surface area contributed by atoms with E-state index in [0.29, 0.717) is 0 Å². The van der Waals surface area contributed by atoms with Crippen LogP contribution in [0.1, 0.15) is 26.2 Å². The highest BCUT2D eigenvalue weighted by atomic mass is 79.9. The number of hydrogen-bond donors (Lipinski definition) is 0. The molecule has 0 saturated heterocycles. The van der Waals surface area contributed by atoms with E-state index in [-0.39, 0.29) is 0 Å². The molecule has 0 heterocycles. The lowest BCUT2D eigenvalue weighted by molar-refractivity contribution is 0.280. The van der Waals surface area contributed by atoms with Crippen molar-refractivity contribution in [2.24, 2.45) is 5.92 Å². The number of hydrogen-bond acceptors (Lipinski definition) is 1. The van der Waals surface area contributed by atoms with Crippen molar-refractivity contribution in [2.45, 2.75) is 26.2 Å². The summed E-state index contributed by atoms with van der Waals surface area (Å²) < 4.78 is 0. The largest absolute Gasteiger partial charge is 0.302 e. The van der Waals surface area contributed by atoms with Gasteiger partial charge < -0.3 is 4.90 Å². The molecule has 1 aliphatic rings. The molecule has 1 aliphatic carbocycles. The van der Waals surface area contributed by atoms with Crippen LogP contribution in [0.15, 0.2) is 0 Å². The first kappa shape index (κ1) is 9.53. The van der Waals surface area contributed by atoms with Gasteiger partial charge >= 0.3 is 0 Å². The molecule has 1 fully saturated rings.